The fourth-order valence-corrected chi connectivity index (χ4v) is 3.72. The van der Waals surface area contributed by atoms with Crippen LogP contribution in [0.1, 0.15) is 45.7 Å². The summed E-state index contributed by atoms with van der Waals surface area (Å²) in [6.45, 7) is 4.44. The molecule has 1 unspecified atom stereocenters. The Bertz CT molecular complexity index is 613. The third-order valence-electron chi connectivity index (χ3n) is 4.41. The molecule has 0 bridgehead atoms. The zero-order valence-corrected chi connectivity index (χ0v) is 13.1. The second kappa shape index (κ2) is 5.13. The fraction of sp³-hybridized carbons (Fsp3) is 0.333. The highest BCUT2D eigenvalue weighted by atomic mass is 79.9. The van der Waals surface area contributed by atoms with Crippen molar-refractivity contribution in [3.05, 3.63) is 69.8 Å². The summed E-state index contributed by atoms with van der Waals surface area (Å²) < 4.78 is 0. The summed E-state index contributed by atoms with van der Waals surface area (Å²) in [5.41, 5.74) is 8.88. The van der Waals surface area contributed by atoms with Crippen LogP contribution in [0.3, 0.4) is 0 Å². The molecule has 0 N–H and O–H groups in total. The van der Waals surface area contributed by atoms with E-state index in [1.165, 1.54) is 35.1 Å². The molecular weight excluding hydrogens is 296 g/mol. The molecule has 3 rings (SSSR count). The SMILES string of the molecule is Cc1cc2c(cc1C)C(c1ccccc1CBr)CC2. The number of hydrogen-bond donors (Lipinski definition) is 0. The lowest BCUT2D eigenvalue weighted by Gasteiger charge is -2.17. The molecule has 0 amide bonds. The van der Waals surface area contributed by atoms with E-state index in [0.29, 0.717) is 5.92 Å². The highest BCUT2D eigenvalue weighted by molar-refractivity contribution is 9.08. The van der Waals surface area contributed by atoms with Gasteiger partial charge < -0.3 is 0 Å². The minimum Gasteiger partial charge on any atom is -0.0876 e. The molecular formula is C18H19Br. The van der Waals surface area contributed by atoms with E-state index >= 15 is 0 Å². The van der Waals surface area contributed by atoms with Crippen LogP contribution < -0.4 is 0 Å². The first kappa shape index (κ1) is 12.9. The largest absolute Gasteiger partial charge is 0.0876 e. The average molecular weight is 315 g/mol. The van der Waals surface area contributed by atoms with Gasteiger partial charge in [-0.15, -0.1) is 0 Å². The molecule has 98 valence electrons. The summed E-state index contributed by atoms with van der Waals surface area (Å²) in [7, 11) is 0. The molecule has 0 fully saturated rings. The minimum atomic E-state index is 0.586. The van der Waals surface area contributed by atoms with Crippen molar-refractivity contribution in [1.82, 2.24) is 0 Å². The van der Waals surface area contributed by atoms with E-state index in [1.54, 1.807) is 11.1 Å². The summed E-state index contributed by atoms with van der Waals surface area (Å²) in [4.78, 5) is 0. The highest BCUT2D eigenvalue weighted by Crippen LogP contribution is 2.40. The second-order valence-electron chi connectivity index (χ2n) is 5.56. The smallest absolute Gasteiger partial charge is 0.0286 e. The maximum absolute atomic E-state index is 3.62. The molecule has 0 saturated carbocycles. The first-order chi connectivity index (χ1) is 9.20. The summed E-state index contributed by atoms with van der Waals surface area (Å²) in [5.74, 6) is 0.586. The lowest BCUT2D eigenvalue weighted by molar-refractivity contribution is 0.781. The Morgan fingerprint density at radius 3 is 2.58 bits per heavy atom. The Morgan fingerprint density at radius 2 is 1.79 bits per heavy atom. The lowest BCUT2D eigenvalue weighted by Crippen LogP contribution is -2.01. The summed E-state index contributed by atoms with van der Waals surface area (Å²) in [6, 6.07) is 13.6. The van der Waals surface area contributed by atoms with Crippen molar-refractivity contribution >= 4 is 15.9 Å². The Hall–Kier alpha value is -1.08. The quantitative estimate of drug-likeness (QED) is 0.662. The van der Waals surface area contributed by atoms with Gasteiger partial charge in [-0.05, 0) is 60.1 Å². The highest BCUT2D eigenvalue weighted by Gasteiger charge is 2.25. The summed E-state index contributed by atoms with van der Waals surface area (Å²) in [5, 5.41) is 0.944. The lowest BCUT2D eigenvalue weighted by atomic mass is 9.88. The van der Waals surface area contributed by atoms with Crippen LogP contribution in [-0.2, 0) is 11.8 Å². The topological polar surface area (TPSA) is 0 Å². The van der Waals surface area contributed by atoms with Crippen LogP contribution in [0.15, 0.2) is 36.4 Å². The van der Waals surface area contributed by atoms with Crippen LogP contribution in [0.4, 0.5) is 0 Å². The average Bonchev–Trinajstić information content (AvgIpc) is 2.82. The van der Waals surface area contributed by atoms with E-state index in [9.17, 15) is 0 Å². The van der Waals surface area contributed by atoms with Gasteiger partial charge in [-0.3, -0.25) is 0 Å². The Labute approximate surface area is 124 Å². The van der Waals surface area contributed by atoms with Crippen LogP contribution in [0.5, 0.6) is 0 Å². The van der Waals surface area contributed by atoms with E-state index in [0.717, 1.165) is 5.33 Å². The van der Waals surface area contributed by atoms with Crippen molar-refractivity contribution in [3.8, 4) is 0 Å². The molecule has 0 spiro atoms. The van der Waals surface area contributed by atoms with Crippen LogP contribution in [0, 0.1) is 13.8 Å². The molecule has 2 aromatic carbocycles. The van der Waals surface area contributed by atoms with E-state index in [4.69, 9.17) is 0 Å². The van der Waals surface area contributed by atoms with Crippen LogP contribution >= 0.6 is 15.9 Å². The van der Waals surface area contributed by atoms with E-state index < -0.39 is 0 Å². The Balaban J connectivity index is 2.09. The molecule has 0 heterocycles. The first-order valence-electron chi connectivity index (χ1n) is 6.94. The second-order valence-corrected chi connectivity index (χ2v) is 6.12. The molecule has 1 aliphatic carbocycles. The van der Waals surface area contributed by atoms with Gasteiger partial charge in [-0.2, -0.15) is 0 Å². The van der Waals surface area contributed by atoms with Gasteiger partial charge in [0.25, 0.3) is 0 Å². The van der Waals surface area contributed by atoms with Crippen LogP contribution in [-0.4, -0.2) is 0 Å². The molecule has 0 radical (unpaired) electrons. The number of halogens is 1. The van der Waals surface area contributed by atoms with E-state index in [2.05, 4.69) is 66.2 Å². The molecule has 0 aliphatic heterocycles. The van der Waals surface area contributed by atoms with E-state index in [-0.39, 0.29) is 0 Å². The Kier molecular flexibility index (Phi) is 3.49. The Morgan fingerprint density at radius 1 is 1.05 bits per heavy atom. The number of aryl methyl sites for hydroxylation is 3. The van der Waals surface area contributed by atoms with Crippen molar-refractivity contribution in [2.24, 2.45) is 0 Å². The van der Waals surface area contributed by atoms with Gasteiger partial charge in [0.15, 0.2) is 0 Å². The van der Waals surface area contributed by atoms with Gasteiger partial charge >= 0.3 is 0 Å². The molecule has 0 saturated heterocycles. The summed E-state index contributed by atoms with van der Waals surface area (Å²) >= 11 is 3.62. The zero-order chi connectivity index (χ0) is 13.4. The predicted octanol–water partition coefficient (Wildman–Crippen LogP) is 5.28. The van der Waals surface area contributed by atoms with Crippen molar-refractivity contribution < 1.29 is 0 Å². The molecule has 2 aromatic rings. The van der Waals surface area contributed by atoms with Gasteiger partial charge in [-0.1, -0.05) is 52.3 Å². The zero-order valence-electron chi connectivity index (χ0n) is 11.5. The minimum absolute atomic E-state index is 0.586. The standard InChI is InChI=1S/C18H19Br/c1-12-9-14-7-8-17(18(14)10-13(12)2)16-6-4-3-5-15(16)11-19/h3-6,9-10,17H,7-8,11H2,1-2H3. The van der Waals surface area contributed by atoms with Crippen molar-refractivity contribution in [2.45, 2.75) is 37.9 Å². The number of alkyl halides is 1. The third kappa shape index (κ3) is 2.25. The van der Waals surface area contributed by atoms with Crippen LogP contribution in [0.2, 0.25) is 0 Å². The number of rotatable bonds is 2. The molecule has 0 nitrogen and oxygen atoms in total. The van der Waals surface area contributed by atoms with Crippen molar-refractivity contribution in [2.75, 3.05) is 0 Å². The van der Waals surface area contributed by atoms with Crippen LogP contribution in [0.25, 0.3) is 0 Å². The monoisotopic (exact) mass is 314 g/mol. The molecule has 0 aromatic heterocycles. The maximum Gasteiger partial charge on any atom is 0.0286 e. The van der Waals surface area contributed by atoms with Gasteiger partial charge in [0.2, 0.25) is 0 Å². The van der Waals surface area contributed by atoms with Gasteiger partial charge in [0.1, 0.15) is 0 Å². The normalized spacial score (nSPS) is 17.5. The maximum atomic E-state index is 3.62. The van der Waals surface area contributed by atoms with E-state index in [1.807, 2.05) is 0 Å². The third-order valence-corrected chi connectivity index (χ3v) is 5.01. The first-order valence-corrected chi connectivity index (χ1v) is 8.06. The molecule has 19 heavy (non-hydrogen) atoms. The molecule has 1 aliphatic rings. The number of fused-ring (bicyclic) bond motifs is 1. The summed E-state index contributed by atoms with van der Waals surface area (Å²) in [6.07, 6.45) is 2.47. The van der Waals surface area contributed by atoms with Gasteiger partial charge in [0.05, 0.1) is 0 Å². The van der Waals surface area contributed by atoms with Gasteiger partial charge in [0, 0.05) is 11.2 Å². The number of benzene rings is 2. The van der Waals surface area contributed by atoms with Gasteiger partial charge in [-0.25, -0.2) is 0 Å². The molecule has 1 atom stereocenters. The van der Waals surface area contributed by atoms with Crippen molar-refractivity contribution in [1.29, 1.82) is 0 Å². The fourth-order valence-electron chi connectivity index (χ4n) is 3.21. The van der Waals surface area contributed by atoms with Crippen molar-refractivity contribution in [3.63, 3.8) is 0 Å². The predicted molar refractivity (Wildman–Crippen MR) is 85.2 cm³/mol. The number of hydrogen-bond acceptors (Lipinski definition) is 0. The molecule has 1 heteroatoms.